The molecule has 0 fully saturated rings. The van der Waals surface area contributed by atoms with Gasteiger partial charge in [-0.05, 0) is 26.8 Å². The van der Waals surface area contributed by atoms with Gasteiger partial charge in [-0.3, -0.25) is 9.79 Å². The van der Waals surface area contributed by atoms with Crippen molar-refractivity contribution < 1.29 is 9.32 Å². The standard InChI is InChI=1S/C15H14N2O2/c1-9-14(10(2)19-17-9)15(11(3)18)8-16-13-7-5-4-6-12(13)15/h4-8H,1-3H3. The highest BCUT2D eigenvalue weighted by Crippen LogP contribution is 2.44. The molecular weight excluding hydrogens is 240 g/mol. The molecule has 1 atom stereocenters. The number of aromatic nitrogens is 1. The second-order valence-electron chi connectivity index (χ2n) is 4.84. The molecule has 0 N–H and O–H groups in total. The maximum absolute atomic E-state index is 12.4. The van der Waals surface area contributed by atoms with Crippen molar-refractivity contribution in [1.82, 2.24) is 5.16 Å². The minimum absolute atomic E-state index is 0.0237. The molecule has 1 aromatic carbocycles. The number of aliphatic imine (C=N–C) groups is 1. The molecule has 0 spiro atoms. The van der Waals surface area contributed by atoms with Crippen LogP contribution in [-0.2, 0) is 10.2 Å². The summed E-state index contributed by atoms with van der Waals surface area (Å²) in [6, 6.07) is 7.69. The van der Waals surface area contributed by atoms with Gasteiger partial charge in [0.1, 0.15) is 17.0 Å². The van der Waals surface area contributed by atoms with E-state index in [1.165, 1.54) is 0 Å². The lowest BCUT2D eigenvalue weighted by Crippen LogP contribution is -2.36. The summed E-state index contributed by atoms with van der Waals surface area (Å²) < 4.78 is 5.23. The normalized spacial score (nSPS) is 20.6. The third kappa shape index (κ3) is 1.43. The maximum Gasteiger partial charge on any atom is 0.150 e. The molecule has 0 bridgehead atoms. The highest BCUT2D eigenvalue weighted by Gasteiger charge is 2.46. The summed E-state index contributed by atoms with van der Waals surface area (Å²) in [7, 11) is 0. The van der Waals surface area contributed by atoms with Crippen molar-refractivity contribution in [2.75, 3.05) is 0 Å². The number of para-hydroxylation sites is 1. The van der Waals surface area contributed by atoms with Gasteiger partial charge in [-0.2, -0.15) is 0 Å². The Balaban J connectivity index is 2.36. The fourth-order valence-electron chi connectivity index (χ4n) is 2.86. The number of carbonyl (C=O) groups is 1. The molecule has 0 saturated heterocycles. The average molecular weight is 254 g/mol. The van der Waals surface area contributed by atoms with Crippen molar-refractivity contribution in [2.45, 2.75) is 26.2 Å². The summed E-state index contributed by atoms with van der Waals surface area (Å²) >= 11 is 0. The zero-order valence-corrected chi connectivity index (χ0v) is 11.1. The van der Waals surface area contributed by atoms with Crippen LogP contribution in [-0.4, -0.2) is 17.2 Å². The van der Waals surface area contributed by atoms with Crippen LogP contribution >= 0.6 is 0 Å². The number of ketones is 1. The largest absolute Gasteiger partial charge is 0.361 e. The smallest absolute Gasteiger partial charge is 0.150 e. The number of Topliss-reactive ketones (excluding diaryl/α,β-unsaturated/α-hetero) is 1. The molecule has 4 heteroatoms. The lowest BCUT2D eigenvalue weighted by molar-refractivity contribution is -0.119. The molecule has 4 nitrogen and oxygen atoms in total. The van der Waals surface area contributed by atoms with Crippen molar-refractivity contribution >= 4 is 17.7 Å². The van der Waals surface area contributed by atoms with Crippen molar-refractivity contribution in [2.24, 2.45) is 4.99 Å². The molecule has 1 aromatic heterocycles. The first kappa shape index (κ1) is 11.8. The first-order chi connectivity index (χ1) is 9.07. The highest BCUT2D eigenvalue weighted by molar-refractivity contribution is 6.12. The van der Waals surface area contributed by atoms with E-state index < -0.39 is 5.41 Å². The van der Waals surface area contributed by atoms with E-state index in [4.69, 9.17) is 4.52 Å². The van der Waals surface area contributed by atoms with Gasteiger partial charge in [0.25, 0.3) is 0 Å². The lowest BCUT2D eigenvalue weighted by atomic mass is 9.72. The Bertz CT molecular complexity index is 680. The van der Waals surface area contributed by atoms with Crippen LogP contribution < -0.4 is 0 Å². The molecule has 2 heterocycles. The summed E-state index contributed by atoms with van der Waals surface area (Å²) in [5, 5.41) is 3.97. The average Bonchev–Trinajstić information content (AvgIpc) is 2.92. The maximum atomic E-state index is 12.4. The summed E-state index contributed by atoms with van der Waals surface area (Å²) in [5.41, 5.74) is 2.42. The number of hydrogen-bond donors (Lipinski definition) is 0. The Kier molecular flexibility index (Phi) is 2.42. The van der Waals surface area contributed by atoms with E-state index in [2.05, 4.69) is 10.1 Å². The SMILES string of the molecule is CC(=O)C1(c2c(C)noc2C)C=Nc2ccccc21. The Morgan fingerprint density at radius 1 is 1.26 bits per heavy atom. The minimum Gasteiger partial charge on any atom is -0.361 e. The third-order valence-electron chi connectivity index (χ3n) is 3.71. The first-order valence-electron chi connectivity index (χ1n) is 6.16. The van der Waals surface area contributed by atoms with E-state index in [9.17, 15) is 4.79 Å². The zero-order valence-electron chi connectivity index (χ0n) is 11.1. The summed E-state index contributed by atoms with van der Waals surface area (Å²) in [4.78, 5) is 16.8. The van der Waals surface area contributed by atoms with Gasteiger partial charge < -0.3 is 4.52 Å². The van der Waals surface area contributed by atoms with Crippen LogP contribution in [0.25, 0.3) is 0 Å². The van der Waals surface area contributed by atoms with Crippen LogP contribution in [0.3, 0.4) is 0 Å². The number of aryl methyl sites for hydroxylation is 2. The molecule has 0 amide bonds. The van der Waals surface area contributed by atoms with Gasteiger partial charge in [-0.25, -0.2) is 0 Å². The molecule has 1 aliphatic rings. The van der Waals surface area contributed by atoms with Crippen molar-refractivity contribution in [3.63, 3.8) is 0 Å². The van der Waals surface area contributed by atoms with Gasteiger partial charge in [0.05, 0.1) is 11.4 Å². The Hall–Kier alpha value is -2.23. The molecule has 0 radical (unpaired) electrons. The second-order valence-corrected chi connectivity index (χ2v) is 4.84. The van der Waals surface area contributed by atoms with Crippen LogP contribution in [0, 0.1) is 13.8 Å². The van der Waals surface area contributed by atoms with Gasteiger partial charge in [0, 0.05) is 17.3 Å². The molecule has 1 aliphatic heterocycles. The first-order valence-corrected chi connectivity index (χ1v) is 6.16. The van der Waals surface area contributed by atoms with Crippen LogP contribution in [0.4, 0.5) is 5.69 Å². The van der Waals surface area contributed by atoms with Gasteiger partial charge >= 0.3 is 0 Å². The van der Waals surface area contributed by atoms with Gasteiger partial charge in [0.15, 0.2) is 0 Å². The van der Waals surface area contributed by atoms with E-state index >= 15 is 0 Å². The molecule has 3 rings (SSSR count). The molecule has 0 aliphatic carbocycles. The fourth-order valence-corrected chi connectivity index (χ4v) is 2.86. The Morgan fingerprint density at radius 2 is 2.00 bits per heavy atom. The predicted octanol–water partition coefficient (Wildman–Crippen LogP) is 2.88. The van der Waals surface area contributed by atoms with Crippen LogP contribution in [0.15, 0.2) is 33.8 Å². The monoisotopic (exact) mass is 254 g/mol. The molecule has 19 heavy (non-hydrogen) atoms. The lowest BCUT2D eigenvalue weighted by Gasteiger charge is -2.24. The molecule has 0 saturated carbocycles. The number of fused-ring (bicyclic) bond motifs is 1. The topological polar surface area (TPSA) is 55.5 Å². The number of nitrogens with zero attached hydrogens (tertiary/aromatic N) is 2. The van der Waals surface area contributed by atoms with Crippen LogP contribution in [0.1, 0.15) is 29.5 Å². The highest BCUT2D eigenvalue weighted by atomic mass is 16.5. The summed E-state index contributed by atoms with van der Waals surface area (Å²) in [6.45, 7) is 5.26. The van der Waals surface area contributed by atoms with Crippen LogP contribution in [0.2, 0.25) is 0 Å². The Morgan fingerprint density at radius 3 is 2.63 bits per heavy atom. The minimum atomic E-state index is -0.856. The molecule has 96 valence electrons. The van der Waals surface area contributed by atoms with Crippen molar-refractivity contribution in [3.8, 4) is 0 Å². The van der Waals surface area contributed by atoms with Crippen LogP contribution in [0.5, 0.6) is 0 Å². The summed E-state index contributed by atoms with van der Waals surface area (Å²) in [5.74, 6) is 0.687. The van der Waals surface area contributed by atoms with Gasteiger partial charge in [-0.1, -0.05) is 23.4 Å². The molecule has 1 unspecified atom stereocenters. The molecular formula is C15H14N2O2. The predicted molar refractivity (Wildman–Crippen MR) is 72.0 cm³/mol. The number of rotatable bonds is 2. The van der Waals surface area contributed by atoms with E-state index in [-0.39, 0.29) is 5.78 Å². The van der Waals surface area contributed by atoms with Crippen molar-refractivity contribution in [3.05, 3.63) is 46.8 Å². The third-order valence-corrected chi connectivity index (χ3v) is 3.71. The van der Waals surface area contributed by atoms with Gasteiger partial charge in [-0.15, -0.1) is 0 Å². The van der Waals surface area contributed by atoms with E-state index in [1.807, 2.05) is 38.1 Å². The fraction of sp³-hybridized carbons (Fsp3) is 0.267. The quantitative estimate of drug-likeness (QED) is 0.828. The van der Waals surface area contributed by atoms with Gasteiger partial charge in [0.2, 0.25) is 0 Å². The van der Waals surface area contributed by atoms with E-state index in [0.717, 1.165) is 22.5 Å². The zero-order chi connectivity index (χ0) is 13.6. The van der Waals surface area contributed by atoms with E-state index in [1.54, 1.807) is 13.1 Å². The van der Waals surface area contributed by atoms with Crippen molar-refractivity contribution in [1.29, 1.82) is 0 Å². The molecule has 2 aromatic rings. The summed E-state index contributed by atoms with van der Waals surface area (Å²) in [6.07, 6.45) is 1.71. The number of hydrogen-bond acceptors (Lipinski definition) is 4. The number of carbonyl (C=O) groups excluding carboxylic acids is 1. The number of benzene rings is 1. The Labute approximate surface area is 111 Å². The second kappa shape index (κ2) is 3.88. The van der Waals surface area contributed by atoms with E-state index in [0.29, 0.717) is 5.76 Å².